The van der Waals surface area contributed by atoms with Crippen LogP contribution in [-0.4, -0.2) is 17.0 Å². The topological polar surface area (TPSA) is 92.4 Å². The highest BCUT2D eigenvalue weighted by molar-refractivity contribution is 6.03. The van der Waals surface area contributed by atoms with Crippen LogP contribution in [0.4, 0.5) is 0 Å². The number of amides is 2. The highest BCUT2D eigenvalue weighted by Gasteiger charge is 2.37. The van der Waals surface area contributed by atoms with Gasteiger partial charge >= 0.3 is 0 Å². The van der Waals surface area contributed by atoms with Crippen LogP contribution in [0.5, 0.6) is 0 Å². The van der Waals surface area contributed by atoms with Crippen LogP contribution in [0, 0.1) is 0 Å². The fourth-order valence-corrected chi connectivity index (χ4v) is 3.96. The molecular weight excluding hydrogens is 340 g/mol. The number of carbonyl (C=O) groups is 2. The van der Waals surface area contributed by atoms with Gasteiger partial charge in [0.1, 0.15) is 0 Å². The van der Waals surface area contributed by atoms with E-state index in [1.54, 1.807) is 11.5 Å². The Bertz CT molecular complexity index is 929. The van der Waals surface area contributed by atoms with E-state index in [-0.39, 0.29) is 16.4 Å². The molecule has 2 amide bonds. The van der Waals surface area contributed by atoms with Crippen molar-refractivity contribution in [1.82, 2.24) is 5.48 Å². The van der Waals surface area contributed by atoms with Crippen molar-refractivity contribution in [3.63, 3.8) is 0 Å². The molecule has 5 nitrogen and oxygen atoms in total. The largest absolute Gasteiger partial charge is 0.366 e. The summed E-state index contributed by atoms with van der Waals surface area (Å²) in [7, 11) is 0. The number of carbonyl (C=O) groups excluding carboxylic acids is 2. The van der Waals surface area contributed by atoms with Crippen LogP contribution in [0.3, 0.4) is 0 Å². The molecule has 0 bridgehead atoms. The number of hydrogen-bond acceptors (Lipinski definition) is 3. The summed E-state index contributed by atoms with van der Waals surface area (Å²) in [5.41, 5.74) is 11.9. The molecule has 0 fully saturated rings. The molecule has 1 aliphatic rings. The van der Waals surface area contributed by atoms with E-state index in [4.69, 9.17) is 10.9 Å². The number of nitrogens with one attached hydrogen (secondary N) is 1. The molecule has 0 aromatic heterocycles. The number of benzene rings is 2. The summed E-state index contributed by atoms with van der Waals surface area (Å²) in [4.78, 5) is 23.8. The van der Waals surface area contributed by atoms with Crippen LogP contribution in [0.2, 0.25) is 0 Å². The van der Waals surface area contributed by atoms with Crippen LogP contribution >= 0.6 is 0 Å². The predicted octanol–water partition coefficient (Wildman–Crippen LogP) is 3.92. The van der Waals surface area contributed by atoms with Crippen LogP contribution in [-0.2, 0) is 10.8 Å². The summed E-state index contributed by atoms with van der Waals surface area (Å²) in [6.45, 7) is 8.97. The van der Waals surface area contributed by atoms with Gasteiger partial charge in [-0.1, -0.05) is 45.9 Å². The first-order valence-corrected chi connectivity index (χ1v) is 9.10. The van der Waals surface area contributed by atoms with Crippen molar-refractivity contribution in [2.45, 2.75) is 51.4 Å². The third-order valence-electron chi connectivity index (χ3n) is 5.81. The van der Waals surface area contributed by atoms with Gasteiger partial charge in [-0.25, -0.2) is 5.48 Å². The van der Waals surface area contributed by atoms with E-state index in [0.29, 0.717) is 11.1 Å². The summed E-state index contributed by atoms with van der Waals surface area (Å²) in [5.74, 6) is -1.19. The van der Waals surface area contributed by atoms with E-state index in [1.165, 1.54) is 23.3 Å². The minimum atomic E-state index is -0.633. The average Bonchev–Trinajstić information content (AvgIpc) is 2.64. The molecule has 0 radical (unpaired) electrons. The second kappa shape index (κ2) is 6.50. The Kier molecular flexibility index (Phi) is 4.60. The molecule has 27 heavy (non-hydrogen) atoms. The fraction of sp³-hybridized carbons (Fsp3) is 0.364. The molecule has 0 saturated carbocycles. The molecule has 0 heterocycles. The maximum Gasteiger partial charge on any atom is 0.274 e. The van der Waals surface area contributed by atoms with Crippen molar-refractivity contribution in [2.24, 2.45) is 5.73 Å². The van der Waals surface area contributed by atoms with Crippen LogP contribution < -0.4 is 11.2 Å². The molecule has 1 aliphatic carbocycles. The Hall–Kier alpha value is -2.66. The van der Waals surface area contributed by atoms with Gasteiger partial charge in [-0.05, 0) is 64.1 Å². The van der Waals surface area contributed by atoms with Crippen molar-refractivity contribution in [2.75, 3.05) is 0 Å². The maximum atomic E-state index is 11.9. The number of hydrogen-bond donors (Lipinski definition) is 3. The van der Waals surface area contributed by atoms with Gasteiger partial charge in [0.2, 0.25) is 5.91 Å². The van der Waals surface area contributed by atoms with Gasteiger partial charge in [-0.2, -0.15) is 0 Å². The third-order valence-corrected chi connectivity index (χ3v) is 5.81. The standard InChI is InChI=1S/C22H26N2O3/c1-21(2)9-10-22(3,4)18-12-13(6-8-17(18)21)16-11-14(20(26)24-27)5-7-15(16)19(23)25/h5-8,11-12,27H,9-10H2,1-4H3,(H2,23,25)(H,24,26). The quantitative estimate of drug-likeness (QED) is 0.568. The Balaban J connectivity index is 2.23. The van der Waals surface area contributed by atoms with Gasteiger partial charge in [0, 0.05) is 11.1 Å². The summed E-state index contributed by atoms with van der Waals surface area (Å²) >= 11 is 0. The van der Waals surface area contributed by atoms with Gasteiger partial charge in [0.25, 0.3) is 5.91 Å². The van der Waals surface area contributed by atoms with Crippen molar-refractivity contribution >= 4 is 11.8 Å². The molecule has 0 unspecified atom stereocenters. The minimum Gasteiger partial charge on any atom is -0.366 e. The first-order valence-electron chi connectivity index (χ1n) is 9.10. The first-order chi connectivity index (χ1) is 12.6. The monoisotopic (exact) mass is 366 g/mol. The van der Waals surface area contributed by atoms with Gasteiger partial charge in [0.05, 0.1) is 0 Å². The van der Waals surface area contributed by atoms with Crippen LogP contribution in [0.25, 0.3) is 11.1 Å². The summed E-state index contributed by atoms with van der Waals surface area (Å²) in [6, 6.07) is 10.8. The smallest absolute Gasteiger partial charge is 0.274 e. The van der Waals surface area contributed by atoms with Crippen LogP contribution in [0.1, 0.15) is 72.4 Å². The fourth-order valence-electron chi connectivity index (χ4n) is 3.96. The lowest BCUT2D eigenvalue weighted by molar-refractivity contribution is 0.0706. The van der Waals surface area contributed by atoms with E-state index in [9.17, 15) is 9.59 Å². The zero-order chi connectivity index (χ0) is 20.0. The third kappa shape index (κ3) is 3.35. The summed E-state index contributed by atoms with van der Waals surface area (Å²) in [5, 5.41) is 8.92. The number of primary amides is 1. The molecule has 0 spiro atoms. The molecule has 4 N–H and O–H groups in total. The Morgan fingerprint density at radius 1 is 0.963 bits per heavy atom. The van der Waals surface area contributed by atoms with E-state index in [0.717, 1.165) is 18.4 Å². The van der Waals surface area contributed by atoms with Crippen molar-refractivity contribution in [3.05, 3.63) is 58.7 Å². The first kappa shape index (κ1) is 19.1. The molecule has 2 aromatic carbocycles. The lowest BCUT2D eigenvalue weighted by Crippen LogP contribution is -2.33. The van der Waals surface area contributed by atoms with Crippen LogP contribution in [0.15, 0.2) is 36.4 Å². The molecule has 142 valence electrons. The number of nitrogens with two attached hydrogens (primary N) is 1. The second-order valence-corrected chi connectivity index (χ2v) is 8.59. The number of fused-ring (bicyclic) bond motifs is 1. The number of hydroxylamine groups is 1. The van der Waals surface area contributed by atoms with Gasteiger partial charge < -0.3 is 5.73 Å². The molecule has 0 saturated heterocycles. The highest BCUT2D eigenvalue weighted by atomic mass is 16.5. The van der Waals surface area contributed by atoms with Gasteiger partial charge in [-0.3, -0.25) is 14.8 Å². The second-order valence-electron chi connectivity index (χ2n) is 8.59. The van der Waals surface area contributed by atoms with E-state index in [2.05, 4.69) is 39.8 Å². The number of rotatable bonds is 3. The average molecular weight is 366 g/mol. The Labute approximate surface area is 159 Å². The molecule has 2 aromatic rings. The highest BCUT2D eigenvalue weighted by Crippen LogP contribution is 2.47. The van der Waals surface area contributed by atoms with Crippen molar-refractivity contribution < 1.29 is 14.8 Å². The lowest BCUT2D eigenvalue weighted by atomic mass is 9.63. The van der Waals surface area contributed by atoms with Gasteiger partial charge in [-0.15, -0.1) is 0 Å². The molecule has 0 atom stereocenters. The van der Waals surface area contributed by atoms with E-state index >= 15 is 0 Å². The molecule has 5 heteroatoms. The minimum absolute atomic E-state index is 0.0217. The maximum absolute atomic E-state index is 11.9. The molecule has 3 rings (SSSR count). The van der Waals surface area contributed by atoms with Crippen molar-refractivity contribution in [1.29, 1.82) is 0 Å². The SMILES string of the molecule is CC1(C)CCC(C)(C)c2cc(-c3cc(C(=O)NO)ccc3C(N)=O)ccc21. The molecule has 0 aliphatic heterocycles. The Morgan fingerprint density at radius 3 is 2.19 bits per heavy atom. The van der Waals surface area contributed by atoms with E-state index in [1.807, 2.05) is 6.07 Å². The van der Waals surface area contributed by atoms with E-state index < -0.39 is 11.8 Å². The van der Waals surface area contributed by atoms with Crippen molar-refractivity contribution in [3.8, 4) is 11.1 Å². The zero-order valence-electron chi connectivity index (χ0n) is 16.2. The predicted molar refractivity (Wildman–Crippen MR) is 105 cm³/mol. The summed E-state index contributed by atoms with van der Waals surface area (Å²) in [6.07, 6.45) is 2.19. The Morgan fingerprint density at radius 2 is 1.59 bits per heavy atom. The summed E-state index contributed by atoms with van der Waals surface area (Å²) < 4.78 is 0. The molecular formula is C22H26N2O3. The van der Waals surface area contributed by atoms with Gasteiger partial charge in [0.15, 0.2) is 0 Å². The normalized spacial score (nSPS) is 17.1. The lowest BCUT2D eigenvalue weighted by Gasteiger charge is -2.42. The zero-order valence-corrected chi connectivity index (χ0v) is 16.2.